The molecule has 0 fully saturated rings. The van der Waals surface area contributed by atoms with Gasteiger partial charge in [-0.2, -0.15) is 0 Å². The van der Waals surface area contributed by atoms with Crippen LogP contribution < -0.4 is 0 Å². The molecule has 0 aliphatic heterocycles. The zero-order chi connectivity index (χ0) is 8.57. The van der Waals surface area contributed by atoms with Gasteiger partial charge in [0.25, 0.3) is 0 Å². The van der Waals surface area contributed by atoms with Gasteiger partial charge in [0.05, 0.1) is 0 Å². The first-order chi connectivity index (χ1) is 4.54. The van der Waals surface area contributed by atoms with Crippen molar-refractivity contribution in [2.45, 2.75) is 0 Å². The van der Waals surface area contributed by atoms with Crippen molar-refractivity contribution < 1.29 is 18.3 Å². The van der Waals surface area contributed by atoms with Crippen LogP contribution in [0.1, 0.15) is 0 Å². The molecule has 5 heteroatoms. The molecule has 1 N–H and O–H groups in total. The largest absolute Gasteiger partial charge is 0.478 e. The molecule has 0 radical (unpaired) electrons. The van der Waals surface area contributed by atoms with E-state index in [1.165, 1.54) is 0 Å². The standard InChI is InChI=1S/C3H4O2.C2H4O2S/c1-2-3(4)5;1-2-5(3)4/h2H,1H2,(H,4,5);2,5H,1H2. The van der Waals surface area contributed by atoms with Crippen molar-refractivity contribution >= 4 is 16.7 Å². The summed E-state index contributed by atoms with van der Waals surface area (Å²) in [5, 5.41) is 8.47. The van der Waals surface area contributed by atoms with Crippen LogP contribution >= 0.6 is 0 Å². The average molecular weight is 164 g/mol. The lowest BCUT2D eigenvalue weighted by molar-refractivity contribution is -0.131. The number of carboxylic acid groups (broad SMARTS) is 1. The third-order valence-corrected chi connectivity index (χ3v) is 0.622. The molecule has 0 spiro atoms. The maximum Gasteiger partial charge on any atom is 0.327 e. The van der Waals surface area contributed by atoms with E-state index in [2.05, 4.69) is 13.2 Å². The predicted octanol–water partition coefficient (Wildman–Crippen LogP) is -0.00170. The van der Waals surface area contributed by atoms with Crippen LogP contribution in [0.5, 0.6) is 0 Å². The van der Waals surface area contributed by atoms with Crippen LogP contribution in [0.4, 0.5) is 0 Å². The number of aliphatic carboxylic acids is 1. The quantitative estimate of drug-likeness (QED) is 0.445. The molecule has 0 rings (SSSR count). The highest BCUT2D eigenvalue weighted by atomic mass is 32.2. The van der Waals surface area contributed by atoms with Crippen LogP contribution in [0.15, 0.2) is 24.6 Å². The van der Waals surface area contributed by atoms with Gasteiger partial charge in [0.15, 0.2) is 10.7 Å². The van der Waals surface area contributed by atoms with E-state index in [4.69, 9.17) is 5.11 Å². The highest BCUT2D eigenvalue weighted by Gasteiger charge is 1.73. The zero-order valence-electron chi connectivity index (χ0n) is 5.19. The molecule has 0 aromatic rings. The Balaban J connectivity index is 0. The average Bonchev–Trinajstić information content (AvgIpc) is 1.89. The fraction of sp³-hybridized carbons (Fsp3) is 0. The topological polar surface area (TPSA) is 71.4 Å². The van der Waals surface area contributed by atoms with Crippen molar-refractivity contribution in [2.24, 2.45) is 0 Å². The number of carbonyl (C=O) groups is 1. The smallest absolute Gasteiger partial charge is 0.327 e. The van der Waals surface area contributed by atoms with Gasteiger partial charge in [-0.05, 0) is 0 Å². The van der Waals surface area contributed by atoms with Crippen molar-refractivity contribution in [3.63, 3.8) is 0 Å². The molecule has 0 aromatic carbocycles. The van der Waals surface area contributed by atoms with Crippen molar-refractivity contribution in [3.05, 3.63) is 24.6 Å². The molecule has 0 aromatic heterocycles. The predicted molar refractivity (Wildman–Crippen MR) is 38.3 cm³/mol. The number of rotatable bonds is 2. The first-order valence-corrected chi connectivity index (χ1v) is 3.40. The Morgan fingerprint density at radius 1 is 1.40 bits per heavy atom. The van der Waals surface area contributed by atoms with Crippen LogP contribution in [0.25, 0.3) is 0 Å². The highest BCUT2D eigenvalue weighted by molar-refractivity contribution is 7.75. The minimum Gasteiger partial charge on any atom is -0.478 e. The van der Waals surface area contributed by atoms with E-state index < -0.39 is 16.7 Å². The molecule has 0 aliphatic rings. The summed E-state index contributed by atoms with van der Waals surface area (Å²) < 4.78 is 18.6. The second kappa shape index (κ2) is 7.90. The third kappa shape index (κ3) is 28.6. The van der Waals surface area contributed by atoms with Crippen LogP contribution in [-0.2, 0) is 15.5 Å². The van der Waals surface area contributed by atoms with Crippen molar-refractivity contribution in [3.8, 4) is 0 Å². The summed E-state index contributed by atoms with van der Waals surface area (Å²) >= 11 is 0. The van der Waals surface area contributed by atoms with Crippen LogP contribution in [0.3, 0.4) is 0 Å². The molecule has 0 saturated carbocycles. The van der Waals surface area contributed by atoms with Gasteiger partial charge in [-0.25, -0.2) is 13.2 Å². The lowest BCUT2D eigenvalue weighted by atomic mass is 10.7. The third-order valence-electron chi connectivity index (χ3n) is 0.324. The summed E-state index contributed by atoms with van der Waals surface area (Å²) in [4.78, 5) is 9.25. The van der Waals surface area contributed by atoms with Crippen LogP contribution in [0, 0.1) is 0 Å². The fourth-order valence-electron chi connectivity index (χ4n) is 0. The second-order valence-corrected chi connectivity index (χ2v) is 1.95. The normalized spacial score (nSPS) is 7.30. The van der Waals surface area contributed by atoms with E-state index in [0.717, 1.165) is 11.5 Å². The molecule has 0 bridgehead atoms. The number of hydrogen-bond donors (Lipinski definition) is 2. The number of hydrogen-bond acceptors (Lipinski definition) is 3. The summed E-state index contributed by atoms with van der Waals surface area (Å²) in [6, 6.07) is 0. The van der Waals surface area contributed by atoms with Crippen molar-refractivity contribution in [1.82, 2.24) is 0 Å². The molecule has 58 valence electrons. The molecule has 0 heterocycles. The van der Waals surface area contributed by atoms with E-state index in [9.17, 15) is 13.2 Å². The molecule has 4 nitrogen and oxygen atoms in total. The summed E-state index contributed by atoms with van der Waals surface area (Å²) in [7, 11) is -2.33. The second-order valence-electron chi connectivity index (χ2n) is 1.01. The van der Waals surface area contributed by atoms with E-state index in [-0.39, 0.29) is 0 Å². The first kappa shape index (κ1) is 11.7. The van der Waals surface area contributed by atoms with Crippen LogP contribution in [-0.4, -0.2) is 19.5 Å². The molecule has 0 atom stereocenters. The first-order valence-electron chi connectivity index (χ1n) is 2.16. The Bertz CT molecular complexity index is 184. The Hall–Kier alpha value is -1.10. The summed E-state index contributed by atoms with van der Waals surface area (Å²) in [6.45, 7) is 5.92. The van der Waals surface area contributed by atoms with Crippen molar-refractivity contribution in [2.75, 3.05) is 0 Å². The fourth-order valence-corrected chi connectivity index (χ4v) is 0. The zero-order valence-corrected chi connectivity index (χ0v) is 6.08. The molecule has 10 heavy (non-hydrogen) atoms. The molecule has 0 unspecified atom stereocenters. The van der Waals surface area contributed by atoms with Crippen molar-refractivity contribution in [1.29, 1.82) is 0 Å². The molecule has 0 aliphatic carbocycles. The maximum absolute atomic E-state index is 9.29. The lowest BCUT2D eigenvalue weighted by Crippen LogP contribution is -1.82. The van der Waals surface area contributed by atoms with E-state index in [0.29, 0.717) is 0 Å². The van der Waals surface area contributed by atoms with E-state index in [1.807, 2.05) is 0 Å². The monoisotopic (exact) mass is 164 g/mol. The minimum atomic E-state index is -2.33. The van der Waals surface area contributed by atoms with Gasteiger partial charge in [0.2, 0.25) is 0 Å². The van der Waals surface area contributed by atoms with E-state index >= 15 is 0 Å². The summed E-state index contributed by atoms with van der Waals surface area (Å²) in [5.41, 5.74) is 0. The Labute approximate surface area is 60.4 Å². The van der Waals surface area contributed by atoms with Crippen LogP contribution in [0.2, 0.25) is 0 Å². The number of carboxylic acids is 1. The van der Waals surface area contributed by atoms with Gasteiger partial charge in [-0.1, -0.05) is 13.2 Å². The molecule has 0 saturated heterocycles. The van der Waals surface area contributed by atoms with Gasteiger partial charge < -0.3 is 5.11 Å². The molecular weight excluding hydrogens is 156 g/mol. The highest BCUT2D eigenvalue weighted by Crippen LogP contribution is 1.54. The van der Waals surface area contributed by atoms with Gasteiger partial charge >= 0.3 is 5.97 Å². The molecular formula is C5H8O4S. The van der Waals surface area contributed by atoms with Gasteiger partial charge in [0.1, 0.15) is 0 Å². The van der Waals surface area contributed by atoms with E-state index in [1.54, 1.807) is 0 Å². The lowest BCUT2D eigenvalue weighted by Gasteiger charge is -1.64. The molecule has 0 amide bonds. The Morgan fingerprint density at radius 2 is 1.60 bits per heavy atom. The van der Waals surface area contributed by atoms with Gasteiger partial charge in [0, 0.05) is 11.5 Å². The van der Waals surface area contributed by atoms with Gasteiger partial charge in [-0.15, -0.1) is 0 Å². The summed E-state index contributed by atoms with van der Waals surface area (Å²) in [6.07, 6.45) is 0.833. The minimum absolute atomic E-state index is 0.833. The number of thiol groups is 1. The Morgan fingerprint density at radius 3 is 1.60 bits per heavy atom. The summed E-state index contributed by atoms with van der Waals surface area (Å²) in [5.74, 6) is -0.981. The van der Waals surface area contributed by atoms with Gasteiger partial charge in [-0.3, -0.25) is 0 Å². The maximum atomic E-state index is 9.29. The SMILES string of the molecule is C=CC(=O)O.C=C[SH](=O)=O. The Kier molecular flexibility index (Phi) is 9.22.